The van der Waals surface area contributed by atoms with Crippen LogP contribution in [0.1, 0.15) is 33.2 Å². The molecule has 0 aliphatic carbocycles. The first-order valence-electron chi connectivity index (χ1n) is 7.54. The molecule has 2 aromatic rings. The minimum absolute atomic E-state index is 0.0457. The summed E-state index contributed by atoms with van der Waals surface area (Å²) in [6.07, 6.45) is 0.124. The average Bonchev–Trinajstić information content (AvgIpc) is 2.59. The molecule has 1 N–H and O–H groups in total. The zero-order valence-electron chi connectivity index (χ0n) is 13.5. The van der Waals surface area contributed by atoms with Crippen LogP contribution in [0.3, 0.4) is 0 Å². The number of hydrogen-bond acceptors (Lipinski definition) is 5. The highest BCUT2D eigenvalue weighted by atomic mass is 32.2. The first-order chi connectivity index (χ1) is 11.9. The molecule has 130 valence electrons. The van der Waals surface area contributed by atoms with Gasteiger partial charge in [-0.3, -0.25) is 19.7 Å². The zero-order chi connectivity index (χ0) is 18.4. The maximum atomic E-state index is 12.5. The van der Waals surface area contributed by atoms with E-state index in [1.165, 1.54) is 12.1 Å². The number of aliphatic carboxylic acids is 1. The lowest BCUT2D eigenvalue weighted by Crippen LogP contribution is -2.08. The van der Waals surface area contributed by atoms with Crippen molar-refractivity contribution in [3.8, 4) is 0 Å². The van der Waals surface area contributed by atoms with Gasteiger partial charge in [0.2, 0.25) is 0 Å². The minimum atomic E-state index is -0.973. The molecule has 0 aliphatic heterocycles. The smallest absolute Gasteiger partial charge is 0.313 e. The molecule has 7 heteroatoms. The first kappa shape index (κ1) is 18.7. The predicted octanol–water partition coefficient (Wildman–Crippen LogP) is 4.04. The van der Waals surface area contributed by atoms with Crippen LogP contribution in [-0.4, -0.2) is 27.5 Å². The van der Waals surface area contributed by atoms with Gasteiger partial charge in [0.1, 0.15) is 0 Å². The van der Waals surface area contributed by atoms with Crippen molar-refractivity contribution < 1.29 is 19.6 Å². The molecular formula is C18H17NO5S. The number of Topliss-reactive ketones (excluding diaryl/α,β-unsaturated/α-hetero) is 1. The molecule has 0 spiro atoms. The van der Waals surface area contributed by atoms with Gasteiger partial charge in [0.25, 0.3) is 5.69 Å². The second-order valence-corrected chi connectivity index (χ2v) is 6.73. The van der Waals surface area contributed by atoms with Crippen molar-refractivity contribution in [2.75, 3.05) is 5.75 Å². The van der Waals surface area contributed by atoms with Crippen LogP contribution in [0.4, 0.5) is 5.69 Å². The molecule has 1 atom stereocenters. The number of benzene rings is 2. The number of thioether (sulfide) groups is 1. The van der Waals surface area contributed by atoms with Gasteiger partial charge in [-0.15, -0.1) is 11.8 Å². The van der Waals surface area contributed by atoms with Crippen molar-refractivity contribution in [3.05, 3.63) is 75.3 Å². The Morgan fingerprint density at radius 2 is 1.72 bits per heavy atom. The molecule has 0 aromatic heterocycles. The summed E-state index contributed by atoms with van der Waals surface area (Å²) in [4.78, 5) is 33.6. The number of carbonyl (C=O) groups is 2. The van der Waals surface area contributed by atoms with E-state index in [0.717, 1.165) is 17.3 Å². The molecule has 0 aliphatic rings. The van der Waals surface area contributed by atoms with E-state index in [4.69, 9.17) is 5.11 Å². The van der Waals surface area contributed by atoms with Gasteiger partial charge in [-0.05, 0) is 12.5 Å². The third-order valence-electron chi connectivity index (χ3n) is 3.63. The second kappa shape index (κ2) is 8.43. The Labute approximate surface area is 149 Å². The molecule has 0 saturated carbocycles. The van der Waals surface area contributed by atoms with Crippen molar-refractivity contribution in [2.24, 2.45) is 0 Å². The van der Waals surface area contributed by atoms with Crippen molar-refractivity contribution in [3.63, 3.8) is 0 Å². The average molecular weight is 359 g/mol. The molecule has 2 aromatic carbocycles. The molecule has 2 rings (SSSR count). The Bertz CT molecular complexity index is 771. The Kier molecular flexibility index (Phi) is 6.30. The summed E-state index contributed by atoms with van der Waals surface area (Å²) in [5.41, 5.74) is 2.25. The van der Waals surface area contributed by atoms with Gasteiger partial charge in [0, 0.05) is 29.4 Å². The van der Waals surface area contributed by atoms with E-state index >= 15 is 0 Å². The summed E-state index contributed by atoms with van der Waals surface area (Å²) in [6.45, 7) is 1.93. The third kappa shape index (κ3) is 5.42. The highest BCUT2D eigenvalue weighted by Gasteiger charge is 2.20. The summed E-state index contributed by atoms with van der Waals surface area (Å²) < 4.78 is 0. The first-order valence-corrected chi connectivity index (χ1v) is 8.59. The van der Waals surface area contributed by atoms with Crippen molar-refractivity contribution in [1.29, 1.82) is 0 Å². The lowest BCUT2D eigenvalue weighted by Gasteiger charge is -2.15. The molecule has 0 bridgehead atoms. The van der Waals surface area contributed by atoms with E-state index < -0.39 is 10.9 Å². The van der Waals surface area contributed by atoms with E-state index in [0.29, 0.717) is 11.1 Å². The van der Waals surface area contributed by atoms with Gasteiger partial charge in [-0.2, -0.15) is 0 Å². The van der Waals surface area contributed by atoms with E-state index in [-0.39, 0.29) is 28.9 Å². The number of hydrogen-bond donors (Lipinski definition) is 1. The van der Waals surface area contributed by atoms with E-state index in [9.17, 15) is 19.7 Å². The number of nitro groups is 1. The number of rotatable bonds is 8. The monoisotopic (exact) mass is 359 g/mol. The number of nitrogens with zero attached hydrogens (tertiary/aromatic N) is 1. The fraction of sp³-hybridized carbons (Fsp3) is 0.222. The number of ketones is 1. The second-order valence-electron chi connectivity index (χ2n) is 5.54. The van der Waals surface area contributed by atoms with Gasteiger partial charge < -0.3 is 5.11 Å². The summed E-state index contributed by atoms with van der Waals surface area (Å²) in [6, 6.07) is 13.0. The maximum absolute atomic E-state index is 12.5. The van der Waals surface area contributed by atoms with Crippen LogP contribution in [0.15, 0.2) is 48.5 Å². The standard InChI is InChI=1S/C18H17NO5S/c1-12-2-4-13(5-3-12)16(20)10-17(25-11-18(21)22)14-6-8-15(9-7-14)19(23)24/h2-9,17H,10-11H2,1H3,(H,21,22). The molecule has 6 nitrogen and oxygen atoms in total. The van der Waals surface area contributed by atoms with Crippen LogP contribution in [0.2, 0.25) is 0 Å². The Hall–Kier alpha value is -2.67. The largest absolute Gasteiger partial charge is 0.481 e. The Morgan fingerprint density at radius 1 is 1.12 bits per heavy atom. The summed E-state index contributed by atoms with van der Waals surface area (Å²) in [5, 5.41) is 19.3. The van der Waals surface area contributed by atoms with E-state index in [1.54, 1.807) is 24.3 Å². The summed E-state index contributed by atoms with van der Waals surface area (Å²) in [7, 11) is 0. The fourth-order valence-electron chi connectivity index (χ4n) is 2.28. The molecule has 0 saturated heterocycles. The molecule has 1 unspecified atom stereocenters. The molecule has 25 heavy (non-hydrogen) atoms. The number of carboxylic acid groups (broad SMARTS) is 1. The Balaban J connectivity index is 2.19. The van der Waals surface area contributed by atoms with Gasteiger partial charge in [-0.1, -0.05) is 42.0 Å². The normalized spacial score (nSPS) is 11.7. The molecule has 0 amide bonds. The highest BCUT2D eigenvalue weighted by Crippen LogP contribution is 2.34. The van der Waals surface area contributed by atoms with Gasteiger partial charge >= 0.3 is 5.97 Å². The lowest BCUT2D eigenvalue weighted by atomic mass is 10.0. The molecule has 0 radical (unpaired) electrons. The number of carboxylic acids is 1. The quantitative estimate of drug-likeness (QED) is 0.434. The molecule has 0 heterocycles. The van der Waals surface area contributed by atoms with Gasteiger partial charge in [0.05, 0.1) is 10.7 Å². The lowest BCUT2D eigenvalue weighted by molar-refractivity contribution is -0.384. The number of carbonyl (C=O) groups excluding carboxylic acids is 1. The van der Waals surface area contributed by atoms with Crippen LogP contribution in [0.25, 0.3) is 0 Å². The van der Waals surface area contributed by atoms with Crippen LogP contribution in [-0.2, 0) is 4.79 Å². The van der Waals surface area contributed by atoms with Gasteiger partial charge in [0.15, 0.2) is 5.78 Å². The molecule has 0 fully saturated rings. The zero-order valence-corrected chi connectivity index (χ0v) is 14.4. The number of nitro benzene ring substituents is 1. The van der Waals surface area contributed by atoms with Crippen molar-refractivity contribution in [2.45, 2.75) is 18.6 Å². The predicted molar refractivity (Wildman–Crippen MR) is 96.1 cm³/mol. The molecular weight excluding hydrogens is 342 g/mol. The van der Waals surface area contributed by atoms with Crippen LogP contribution in [0, 0.1) is 17.0 Å². The van der Waals surface area contributed by atoms with Crippen LogP contribution < -0.4 is 0 Å². The maximum Gasteiger partial charge on any atom is 0.313 e. The third-order valence-corrected chi connectivity index (χ3v) is 4.88. The minimum Gasteiger partial charge on any atom is -0.481 e. The van der Waals surface area contributed by atoms with Crippen molar-refractivity contribution >= 4 is 29.2 Å². The SMILES string of the molecule is Cc1ccc(C(=O)CC(SCC(=O)O)c2ccc([N+](=O)[O-])cc2)cc1. The Morgan fingerprint density at radius 3 is 2.24 bits per heavy atom. The van der Waals surface area contributed by atoms with Crippen LogP contribution >= 0.6 is 11.8 Å². The van der Waals surface area contributed by atoms with E-state index in [1.807, 2.05) is 19.1 Å². The van der Waals surface area contributed by atoms with E-state index in [2.05, 4.69) is 0 Å². The fourth-order valence-corrected chi connectivity index (χ4v) is 3.24. The number of non-ortho nitro benzene ring substituents is 1. The van der Waals surface area contributed by atoms with Crippen LogP contribution in [0.5, 0.6) is 0 Å². The number of aryl methyl sites for hydroxylation is 1. The topological polar surface area (TPSA) is 97.5 Å². The summed E-state index contributed by atoms with van der Waals surface area (Å²) in [5.74, 6) is -1.22. The van der Waals surface area contributed by atoms with Crippen molar-refractivity contribution in [1.82, 2.24) is 0 Å². The van der Waals surface area contributed by atoms with Gasteiger partial charge in [-0.25, -0.2) is 0 Å². The highest BCUT2D eigenvalue weighted by molar-refractivity contribution is 8.00. The summed E-state index contributed by atoms with van der Waals surface area (Å²) >= 11 is 1.13.